The zero-order valence-electron chi connectivity index (χ0n) is 17.8. The highest BCUT2D eigenvalue weighted by Crippen LogP contribution is 2.34. The van der Waals surface area contributed by atoms with E-state index in [9.17, 15) is 22.4 Å². The third-order valence-corrected chi connectivity index (χ3v) is 4.94. The average molecular weight is 470 g/mol. The Kier molecular flexibility index (Phi) is 6.36. The van der Waals surface area contributed by atoms with E-state index in [2.05, 4.69) is 5.10 Å². The van der Waals surface area contributed by atoms with Crippen LogP contribution in [0.15, 0.2) is 78.9 Å². The van der Waals surface area contributed by atoms with Crippen molar-refractivity contribution in [1.82, 2.24) is 9.78 Å². The van der Waals surface area contributed by atoms with Gasteiger partial charge in [0.15, 0.2) is 0 Å². The molecule has 0 atom stereocenters. The normalized spacial score (nSPS) is 11.3. The molecular formula is C25H18F4N2O3. The lowest BCUT2D eigenvalue weighted by Crippen LogP contribution is -2.10. The Balaban J connectivity index is 1.65. The van der Waals surface area contributed by atoms with Gasteiger partial charge in [-0.3, -0.25) is 0 Å². The van der Waals surface area contributed by atoms with Crippen molar-refractivity contribution in [2.45, 2.75) is 12.8 Å². The van der Waals surface area contributed by atoms with Crippen LogP contribution in [0.1, 0.15) is 21.5 Å². The zero-order chi connectivity index (χ0) is 24.3. The lowest BCUT2D eigenvalue weighted by atomic mass is 10.1. The Morgan fingerprint density at radius 3 is 2.35 bits per heavy atom. The van der Waals surface area contributed by atoms with Crippen LogP contribution in [0.5, 0.6) is 11.6 Å². The first kappa shape index (κ1) is 23.0. The Morgan fingerprint density at radius 1 is 0.971 bits per heavy atom. The molecule has 0 bridgehead atoms. The predicted molar refractivity (Wildman–Crippen MR) is 116 cm³/mol. The first-order chi connectivity index (χ1) is 16.2. The number of alkyl halides is 3. The molecule has 9 heteroatoms. The smallest absolute Gasteiger partial charge is 0.416 e. The monoisotopic (exact) mass is 470 g/mol. The number of nitrogens with zero attached hydrogens (tertiary/aromatic N) is 2. The summed E-state index contributed by atoms with van der Waals surface area (Å²) in [6.45, 7) is -0.316. The number of benzene rings is 3. The fourth-order valence-electron chi connectivity index (χ4n) is 3.30. The first-order valence-electron chi connectivity index (χ1n) is 10.1. The van der Waals surface area contributed by atoms with Crippen molar-refractivity contribution in [2.24, 2.45) is 7.05 Å². The molecule has 4 rings (SSSR count). The molecule has 0 aliphatic carbocycles. The molecule has 0 unspecified atom stereocenters. The van der Waals surface area contributed by atoms with Crippen LogP contribution in [0.3, 0.4) is 0 Å². The molecule has 5 nitrogen and oxygen atoms in total. The van der Waals surface area contributed by atoms with Crippen LogP contribution in [0.2, 0.25) is 0 Å². The maximum absolute atomic E-state index is 13.3. The molecule has 4 aromatic rings. The average Bonchev–Trinajstić information content (AvgIpc) is 3.14. The molecule has 1 heterocycles. The Labute approximate surface area is 192 Å². The van der Waals surface area contributed by atoms with Crippen molar-refractivity contribution in [3.8, 4) is 22.9 Å². The topological polar surface area (TPSA) is 53.4 Å². The van der Waals surface area contributed by atoms with Crippen LogP contribution >= 0.6 is 0 Å². The molecule has 0 N–H and O–H groups in total. The number of hydrogen-bond donors (Lipinski definition) is 0. The number of hydrogen-bond acceptors (Lipinski definition) is 4. The molecule has 0 saturated carbocycles. The van der Waals surface area contributed by atoms with Gasteiger partial charge in [0, 0.05) is 12.6 Å². The standard InChI is InChI=1S/C25H18F4N2O3/c1-31-23(34-20-12-10-19(26)11-13-20)21(22(30-31)16-6-3-2-4-7-16)15-33-24(32)17-8-5-9-18(14-17)25(27,28)29/h2-14H,15H2,1H3. The SMILES string of the molecule is Cn1nc(-c2ccccc2)c(COC(=O)c2cccc(C(F)(F)F)c2)c1Oc1ccc(F)cc1. The molecule has 0 aliphatic heterocycles. The van der Waals surface area contributed by atoms with Gasteiger partial charge in [-0.15, -0.1) is 0 Å². The van der Waals surface area contributed by atoms with Crippen molar-refractivity contribution in [2.75, 3.05) is 0 Å². The minimum atomic E-state index is -4.59. The molecule has 0 fully saturated rings. The van der Waals surface area contributed by atoms with Crippen molar-refractivity contribution in [3.05, 3.63) is 101 Å². The van der Waals surface area contributed by atoms with Gasteiger partial charge in [0.2, 0.25) is 5.88 Å². The largest absolute Gasteiger partial charge is 0.457 e. The number of carbonyl (C=O) groups excluding carboxylic acids is 1. The summed E-state index contributed by atoms with van der Waals surface area (Å²) in [5.74, 6) is -0.795. The molecule has 0 saturated heterocycles. The number of ether oxygens (including phenoxy) is 2. The third-order valence-electron chi connectivity index (χ3n) is 4.94. The second kappa shape index (κ2) is 9.38. The molecule has 1 aromatic heterocycles. The third kappa shape index (κ3) is 5.09. The summed E-state index contributed by atoms with van der Waals surface area (Å²) < 4.78 is 65.0. The summed E-state index contributed by atoms with van der Waals surface area (Å²) in [7, 11) is 1.63. The molecular weight excluding hydrogens is 452 g/mol. The second-order valence-corrected chi connectivity index (χ2v) is 7.33. The zero-order valence-corrected chi connectivity index (χ0v) is 17.8. The highest BCUT2D eigenvalue weighted by molar-refractivity contribution is 5.89. The van der Waals surface area contributed by atoms with Gasteiger partial charge >= 0.3 is 12.1 Å². The summed E-state index contributed by atoms with van der Waals surface area (Å²) in [4.78, 5) is 12.6. The number of esters is 1. The van der Waals surface area contributed by atoms with Crippen LogP contribution in [0, 0.1) is 5.82 Å². The van der Waals surface area contributed by atoms with E-state index in [1.54, 1.807) is 7.05 Å². The molecule has 3 aromatic carbocycles. The van der Waals surface area contributed by atoms with Crippen LogP contribution in [-0.4, -0.2) is 15.7 Å². The van der Waals surface area contributed by atoms with E-state index >= 15 is 0 Å². The summed E-state index contributed by atoms with van der Waals surface area (Å²) >= 11 is 0. The van der Waals surface area contributed by atoms with Crippen molar-refractivity contribution in [1.29, 1.82) is 0 Å². The lowest BCUT2D eigenvalue weighted by Gasteiger charge is -2.11. The van der Waals surface area contributed by atoms with Gasteiger partial charge in [0.25, 0.3) is 0 Å². The van der Waals surface area contributed by atoms with Gasteiger partial charge in [-0.05, 0) is 42.5 Å². The van der Waals surface area contributed by atoms with Crippen molar-refractivity contribution < 1.29 is 31.8 Å². The Morgan fingerprint density at radius 2 is 1.68 bits per heavy atom. The molecule has 0 amide bonds. The van der Waals surface area contributed by atoms with E-state index < -0.39 is 23.5 Å². The minimum absolute atomic E-state index is 0.235. The van der Waals surface area contributed by atoms with Crippen LogP contribution < -0.4 is 4.74 Å². The minimum Gasteiger partial charge on any atom is -0.457 e. The molecule has 0 spiro atoms. The maximum Gasteiger partial charge on any atom is 0.416 e. The number of rotatable bonds is 6. The van der Waals surface area contributed by atoms with E-state index in [0.29, 0.717) is 17.0 Å². The highest BCUT2D eigenvalue weighted by atomic mass is 19.4. The van der Waals surface area contributed by atoms with Gasteiger partial charge in [-0.25, -0.2) is 13.9 Å². The predicted octanol–water partition coefficient (Wildman–Crippen LogP) is 6.39. The van der Waals surface area contributed by atoms with E-state index in [1.165, 1.54) is 35.0 Å². The van der Waals surface area contributed by atoms with Crippen molar-refractivity contribution in [3.63, 3.8) is 0 Å². The van der Waals surface area contributed by atoms with E-state index in [4.69, 9.17) is 9.47 Å². The summed E-state index contributed by atoms with van der Waals surface area (Å²) in [5.41, 5.74) is 0.405. The molecule has 174 valence electrons. The molecule has 34 heavy (non-hydrogen) atoms. The van der Waals surface area contributed by atoms with Crippen molar-refractivity contribution >= 4 is 5.97 Å². The van der Waals surface area contributed by atoms with Crippen LogP contribution in [0.4, 0.5) is 17.6 Å². The number of halogens is 4. The molecule has 0 aliphatic rings. The molecule has 0 radical (unpaired) electrons. The number of aryl methyl sites for hydroxylation is 1. The summed E-state index contributed by atoms with van der Waals surface area (Å²) in [6.07, 6.45) is -4.59. The number of aromatic nitrogens is 2. The summed E-state index contributed by atoms with van der Waals surface area (Å²) in [6, 6.07) is 18.4. The highest BCUT2D eigenvalue weighted by Gasteiger charge is 2.31. The van der Waals surface area contributed by atoms with Gasteiger partial charge in [0.1, 0.15) is 23.9 Å². The Hall–Kier alpha value is -4.14. The van der Waals surface area contributed by atoms with Gasteiger partial charge in [0.05, 0.1) is 16.7 Å². The second-order valence-electron chi connectivity index (χ2n) is 7.33. The van der Waals surface area contributed by atoms with Gasteiger partial charge in [-0.2, -0.15) is 18.3 Å². The quantitative estimate of drug-likeness (QED) is 0.242. The fraction of sp³-hybridized carbons (Fsp3) is 0.120. The lowest BCUT2D eigenvalue weighted by molar-refractivity contribution is -0.137. The van der Waals surface area contributed by atoms with Gasteiger partial charge in [-0.1, -0.05) is 36.4 Å². The maximum atomic E-state index is 13.3. The van der Waals surface area contributed by atoms with E-state index in [0.717, 1.165) is 23.8 Å². The van der Waals surface area contributed by atoms with E-state index in [-0.39, 0.29) is 18.1 Å². The van der Waals surface area contributed by atoms with Gasteiger partial charge < -0.3 is 9.47 Å². The fourth-order valence-corrected chi connectivity index (χ4v) is 3.30. The van der Waals surface area contributed by atoms with Crippen LogP contribution in [-0.2, 0) is 24.6 Å². The Bertz CT molecular complexity index is 1300. The summed E-state index contributed by atoms with van der Waals surface area (Å²) in [5, 5.41) is 4.47. The number of carbonyl (C=O) groups is 1. The van der Waals surface area contributed by atoms with Crippen LogP contribution in [0.25, 0.3) is 11.3 Å². The van der Waals surface area contributed by atoms with E-state index in [1.807, 2.05) is 30.3 Å². The first-order valence-corrected chi connectivity index (χ1v) is 10.1.